The number of hydrogen-bond acceptors (Lipinski definition) is 4. The molecule has 0 fully saturated rings. The van der Waals surface area contributed by atoms with Gasteiger partial charge >= 0.3 is 0 Å². The first-order valence-electron chi connectivity index (χ1n) is 4.44. The third-order valence-corrected chi connectivity index (χ3v) is 2.76. The van der Waals surface area contributed by atoms with Crippen LogP contribution in [0.5, 0.6) is 0 Å². The van der Waals surface area contributed by atoms with E-state index in [0.717, 1.165) is 4.90 Å². The number of hydrogen-bond donors (Lipinski definition) is 0. The lowest BCUT2D eigenvalue weighted by Gasteiger charge is -1.98. The van der Waals surface area contributed by atoms with Crippen LogP contribution in [0.3, 0.4) is 0 Å². The third kappa shape index (κ3) is 2.47. The minimum Gasteiger partial charge on any atom is -0.440 e. The summed E-state index contributed by atoms with van der Waals surface area (Å²) in [5.41, 5.74) is 0.715. The maximum Gasteiger partial charge on any atom is 0.260 e. The van der Waals surface area contributed by atoms with E-state index >= 15 is 0 Å². The SMILES string of the molecule is CC(=O)c1ccc(Sc2ncco2)cc1. The average molecular weight is 219 g/mol. The van der Waals surface area contributed by atoms with E-state index in [1.54, 1.807) is 25.3 Å². The maximum atomic E-state index is 11.0. The second kappa shape index (κ2) is 4.31. The van der Waals surface area contributed by atoms with Gasteiger partial charge in [0, 0.05) is 10.5 Å². The summed E-state index contributed by atoms with van der Waals surface area (Å²) in [7, 11) is 0. The molecule has 1 heterocycles. The van der Waals surface area contributed by atoms with Crippen LogP contribution in [-0.2, 0) is 0 Å². The molecule has 0 unspecified atom stereocenters. The van der Waals surface area contributed by atoms with E-state index < -0.39 is 0 Å². The van der Waals surface area contributed by atoms with Gasteiger partial charge in [0.2, 0.25) is 0 Å². The van der Waals surface area contributed by atoms with Gasteiger partial charge in [0.1, 0.15) is 6.26 Å². The molecule has 0 saturated heterocycles. The molecule has 0 spiro atoms. The Morgan fingerprint density at radius 2 is 2.07 bits per heavy atom. The van der Waals surface area contributed by atoms with E-state index in [-0.39, 0.29) is 5.78 Å². The van der Waals surface area contributed by atoms with Crippen molar-refractivity contribution in [2.75, 3.05) is 0 Å². The molecule has 0 radical (unpaired) electrons. The van der Waals surface area contributed by atoms with Gasteiger partial charge in [-0.05, 0) is 30.8 Å². The van der Waals surface area contributed by atoms with E-state index in [2.05, 4.69) is 4.98 Å². The first-order chi connectivity index (χ1) is 7.25. The lowest BCUT2D eigenvalue weighted by atomic mass is 10.2. The molecule has 4 heteroatoms. The Labute approximate surface area is 91.5 Å². The largest absolute Gasteiger partial charge is 0.440 e. The normalized spacial score (nSPS) is 10.2. The van der Waals surface area contributed by atoms with Crippen LogP contribution in [0.1, 0.15) is 17.3 Å². The molecule has 2 rings (SSSR count). The van der Waals surface area contributed by atoms with Gasteiger partial charge in [-0.2, -0.15) is 0 Å². The molecule has 0 aliphatic rings. The van der Waals surface area contributed by atoms with Gasteiger partial charge < -0.3 is 4.42 Å². The van der Waals surface area contributed by atoms with Crippen LogP contribution in [0, 0.1) is 0 Å². The van der Waals surface area contributed by atoms with Crippen molar-refractivity contribution in [2.45, 2.75) is 17.0 Å². The van der Waals surface area contributed by atoms with Crippen LogP contribution in [-0.4, -0.2) is 10.8 Å². The molecule has 2 aromatic rings. The molecule has 0 aliphatic heterocycles. The molecule has 0 amide bonds. The van der Waals surface area contributed by atoms with Crippen LogP contribution < -0.4 is 0 Å². The van der Waals surface area contributed by atoms with Gasteiger partial charge in [-0.3, -0.25) is 4.79 Å². The Bertz CT molecular complexity index is 448. The van der Waals surface area contributed by atoms with Crippen LogP contribution in [0.2, 0.25) is 0 Å². The van der Waals surface area contributed by atoms with Crippen molar-refractivity contribution in [1.29, 1.82) is 0 Å². The standard InChI is InChI=1S/C11H9NO2S/c1-8(13)9-2-4-10(5-3-9)15-11-12-6-7-14-11/h2-7H,1H3. The predicted octanol–water partition coefficient (Wildman–Crippen LogP) is 3.03. The fourth-order valence-electron chi connectivity index (χ4n) is 1.12. The Morgan fingerprint density at radius 1 is 1.33 bits per heavy atom. The summed E-state index contributed by atoms with van der Waals surface area (Å²) in [6.07, 6.45) is 3.14. The van der Waals surface area contributed by atoms with Gasteiger partial charge in [0.05, 0.1) is 6.20 Å². The molecule has 1 aromatic heterocycles. The average Bonchev–Trinajstić information content (AvgIpc) is 2.71. The Kier molecular flexibility index (Phi) is 2.87. The van der Waals surface area contributed by atoms with Crippen LogP contribution in [0.4, 0.5) is 0 Å². The van der Waals surface area contributed by atoms with Gasteiger partial charge in [-0.25, -0.2) is 4.98 Å². The predicted molar refractivity (Wildman–Crippen MR) is 57.1 cm³/mol. The molecule has 76 valence electrons. The monoisotopic (exact) mass is 219 g/mol. The molecule has 0 saturated carbocycles. The highest BCUT2D eigenvalue weighted by atomic mass is 32.2. The van der Waals surface area contributed by atoms with Crippen molar-refractivity contribution >= 4 is 17.5 Å². The van der Waals surface area contributed by atoms with Crippen molar-refractivity contribution in [1.82, 2.24) is 4.98 Å². The summed E-state index contributed by atoms with van der Waals surface area (Å²) in [6, 6.07) is 7.36. The highest BCUT2D eigenvalue weighted by Gasteiger charge is 2.02. The fraction of sp³-hybridized carbons (Fsp3) is 0.0909. The number of carbonyl (C=O) groups excluding carboxylic acids is 1. The zero-order chi connectivity index (χ0) is 10.7. The minimum atomic E-state index is 0.0719. The Balaban J connectivity index is 2.14. The zero-order valence-electron chi connectivity index (χ0n) is 8.14. The molecule has 0 atom stereocenters. The third-order valence-electron chi connectivity index (χ3n) is 1.88. The van der Waals surface area contributed by atoms with Crippen LogP contribution >= 0.6 is 11.8 Å². The number of Topliss-reactive ketones (excluding diaryl/α,β-unsaturated/α-hetero) is 1. The van der Waals surface area contributed by atoms with Gasteiger partial charge in [0.15, 0.2) is 5.78 Å². The molecule has 0 bridgehead atoms. The Morgan fingerprint density at radius 3 is 2.60 bits per heavy atom. The van der Waals surface area contributed by atoms with E-state index in [4.69, 9.17) is 4.42 Å². The van der Waals surface area contributed by atoms with E-state index in [1.807, 2.05) is 12.1 Å². The number of nitrogens with zero attached hydrogens (tertiary/aromatic N) is 1. The zero-order valence-corrected chi connectivity index (χ0v) is 8.95. The summed E-state index contributed by atoms with van der Waals surface area (Å²) in [5, 5.41) is 0.602. The van der Waals surface area contributed by atoms with E-state index in [1.165, 1.54) is 18.0 Å². The quantitative estimate of drug-likeness (QED) is 0.744. The van der Waals surface area contributed by atoms with Gasteiger partial charge in [0.25, 0.3) is 5.22 Å². The summed E-state index contributed by atoms with van der Waals surface area (Å²) < 4.78 is 5.10. The minimum absolute atomic E-state index is 0.0719. The lowest BCUT2D eigenvalue weighted by Crippen LogP contribution is -1.90. The van der Waals surface area contributed by atoms with E-state index in [9.17, 15) is 4.79 Å². The number of rotatable bonds is 3. The number of ketones is 1. The number of oxazole rings is 1. The highest BCUT2D eigenvalue weighted by Crippen LogP contribution is 2.25. The van der Waals surface area contributed by atoms with Gasteiger partial charge in [-0.15, -0.1) is 0 Å². The van der Waals surface area contributed by atoms with Crippen LogP contribution in [0.15, 0.2) is 51.3 Å². The number of carbonyl (C=O) groups is 1. The summed E-state index contributed by atoms with van der Waals surface area (Å²) in [4.78, 5) is 16.0. The smallest absolute Gasteiger partial charge is 0.260 e. The van der Waals surface area contributed by atoms with Crippen LogP contribution in [0.25, 0.3) is 0 Å². The molecular formula is C11H9NO2S. The van der Waals surface area contributed by atoms with Crippen molar-refractivity contribution in [3.8, 4) is 0 Å². The van der Waals surface area contributed by atoms with Crippen molar-refractivity contribution < 1.29 is 9.21 Å². The van der Waals surface area contributed by atoms with E-state index in [0.29, 0.717) is 10.8 Å². The first-order valence-corrected chi connectivity index (χ1v) is 5.26. The molecule has 1 aromatic carbocycles. The summed E-state index contributed by atoms with van der Waals surface area (Å²) in [5.74, 6) is 0.0719. The fourth-order valence-corrected chi connectivity index (χ4v) is 1.81. The second-order valence-electron chi connectivity index (χ2n) is 2.98. The molecule has 15 heavy (non-hydrogen) atoms. The Hall–Kier alpha value is -1.55. The van der Waals surface area contributed by atoms with Crippen molar-refractivity contribution in [2.24, 2.45) is 0 Å². The van der Waals surface area contributed by atoms with Crippen molar-refractivity contribution in [3.63, 3.8) is 0 Å². The number of benzene rings is 1. The highest BCUT2D eigenvalue weighted by molar-refractivity contribution is 7.99. The topological polar surface area (TPSA) is 43.1 Å². The van der Waals surface area contributed by atoms with Crippen molar-refractivity contribution in [3.05, 3.63) is 42.3 Å². The molecule has 0 aliphatic carbocycles. The summed E-state index contributed by atoms with van der Waals surface area (Å²) in [6.45, 7) is 1.55. The van der Waals surface area contributed by atoms with Gasteiger partial charge in [-0.1, -0.05) is 12.1 Å². The molecule has 0 N–H and O–H groups in total. The summed E-state index contributed by atoms with van der Waals surface area (Å²) >= 11 is 1.43. The maximum absolute atomic E-state index is 11.0. The molecule has 3 nitrogen and oxygen atoms in total. The number of aromatic nitrogens is 1. The second-order valence-corrected chi connectivity index (χ2v) is 4.01. The molecular weight excluding hydrogens is 210 g/mol. The first kappa shape index (κ1) is 9.98. The lowest BCUT2D eigenvalue weighted by molar-refractivity contribution is 0.101.